The Balaban J connectivity index is 2.03. The van der Waals surface area contributed by atoms with E-state index in [0.29, 0.717) is 17.0 Å². The van der Waals surface area contributed by atoms with Gasteiger partial charge < -0.3 is 13.9 Å². The lowest BCUT2D eigenvalue weighted by molar-refractivity contribution is -0.153. The van der Waals surface area contributed by atoms with E-state index in [-0.39, 0.29) is 6.61 Å². The third kappa shape index (κ3) is 3.74. The van der Waals surface area contributed by atoms with Crippen molar-refractivity contribution < 1.29 is 23.9 Å². The average molecular weight is 365 g/mol. The highest BCUT2D eigenvalue weighted by Gasteiger charge is 2.24. The van der Waals surface area contributed by atoms with Crippen LogP contribution in [-0.2, 0) is 14.3 Å². The predicted octanol–water partition coefficient (Wildman–Crippen LogP) is 3.32. The van der Waals surface area contributed by atoms with Crippen LogP contribution in [0.25, 0.3) is 16.6 Å². The van der Waals surface area contributed by atoms with Gasteiger partial charge in [0.05, 0.1) is 25.8 Å². The van der Waals surface area contributed by atoms with Crippen molar-refractivity contribution in [3.8, 4) is 16.9 Å². The van der Waals surface area contributed by atoms with E-state index in [1.54, 1.807) is 42.8 Å². The summed E-state index contributed by atoms with van der Waals surface area (Å²) in [5.41, 5.74) is 2.67. The van der Waals surface area contributed by atoms with Crippen LogP contribution >= 0.6 is 0 Å². The third-order valence-electron chi connectivity index (χ3n) is 4.17. The van der Waals surface area contributed by atoms with Gasteiger partial charge in [0, 0.05) is 17.3 Å². The summed E-state index contributed by atoms with van der Waals surface area (Å²) in [6.45, 7) is 1.69. The standard InChI is InChI=1S/C21H19NO5/c1-3-27-21(25)19(24)13-18(23)20-17(12-15-6-4-5-11-22(15)20)14-7-9-16(26-2)10-8-14/h4-12H,3,13H2,1-2H3. The molecule has 6 nitrogen and oxygen atoms in total. The van der Waals surface area contributed by atoms with Gasteiger partial charge >= 0.3 is 5.97 Å². The molecule has 0 aliphatic rings. The average Bonchev–Trinajstić information content (AvgIpc) is 3.07. The molecule has 2 aromatic heterocycles. The molecule has 2 heterocycles. The fraction of sp³-hybridized carbons (Fsp3) is 0.190. The van der Waals surface area contributed by atoms with Gasteiger partial charge in [0.2, 0.25) is 5.78 Å². The zero-order valence-electron chi connectivity index (χ0n) is 15.1. The second-order valence-electron chi connectivity index (χ2n) is 5.87. The Morgan fingerprint density at radius 3 is 2.44 bits per heavy atom. The van der Waals surface area contributed by atoms with Crippen molar-refractivity contribution in [2.24, 2.45) is 0 Å². The fourth-order valence-electron chi connectivity index (χ4n) is 2.91. The number of pyridine rings is 1. The Kier molecular flexibility index (Phi) is 5.35. The van der Waals surface area contributed by atoms with Crippen LogP contribution in [0.15, 0.2) is 54.7 Å². The summed E-state index contributed by atoms with van der Waals surface area (Å²) in [7, 11) is 1.58. The molecule has 0 fully saturated rings. The minimum absolute atomic E-state index is 0.0872. The quantitative estimate of drug-likeness (QED) is 0.278. The van der Waals surface area contributed by atoms with Crippen LogP contribution in [0.5, 0.6) is 5.75 Å². The highest BCUT2D eigenvalue weighted by molar-refractivity contribution is 6.38. The first-order chi connectivity index (χ1) is 13.0. The van der Waals surface area contributed by atoms with Gasteiger partial charge in [-0.2, -0.15) is 0 Å². The van der Waals surface area contributed by atoms with Crippen molar-refractivity contribution in [1.82, 2.24) is 4.40 Å². The minimum Gasteiger partial charge on any atom is -0.497 e. The van der Waals surface area contributed by atoms with Gasteiger partial charge in [-0.15, -0.1) is 0 Å². The van der Waals surface area contributed by atoms with Crippen molar-refractivity contribution in [3.05, 3.63) is 60.4 Å². The monoisotopic (exact) mass is 365 g/mol. The fourth-order valence-corrected chi connectivity index (χ4v) is 2.91. The minimum atomic E-state index is -0.988. The predicted molar refractivity (Wildman–Crippen MR) is 100.0 cm³/mol. The van der Waals surface area contributed by atoms with E-state index in [1.807, 2.05) is 30.3 Å². The molecule has 0 N–H and O–H groups in total. The number of benzene rings is 1. The number of ether oxygens (including phenoxy) is 2. The molecule has 0 bridgehead atoms. The number of ketones is 2. The lowest BCUT2D eigenvalue weighted by Gasteiger charge is -2.07. The molecule has 0 atom stereocenters. The Labute approximate surface area is 156 Å². The lowest BCUT2D eigenvalue weighted by Crippen LogP contribution is -2.21. The topological polar surface area (TPSA) is 74.1 Å². The van der Waals surface area contributed by atoms with E-state index in [2.05, 4.69) is 4.74 Å². The largest absolute Gasteiger partial charge is 0.497 e. The number of esters is 1. The third-order valence-corrected chi connectivity index (χ3v) is 4.17. The summed E-state index contributed by atoms with van der Waals surface area (Å²) in [4.78, 5) is 36.5. The summed E-state index contributed by atoms with van der Waals surface area (Å²) >= 11 is 0. The molecular formula is C21H19NO5. The Morgan fingerprint density at radius 1 is 1.04 bits per heavy atom. The maximum atomic E-state index is 12.9. The molecule has 6 heteroatoms. The molecule has 0 amide bonds. The summed E-state index contributed by atoms with van der Waals surface area (Å²) < 4.78 is 11.6. The Morgan fingerprint density at radius 2 is 1.78 bits per heavy atom. The first-order valence-corrected chi connectivity index (χ1v) is 8.52. The number of rotatable bonds is 7. The van der Waals surface area contributed by atoms with Crippen molar-refractivity contribution in [1.29, 1.82) is 0 Å². The van der Waals surface area contributed by atoms with Gasteiger partial charge in [-0.1, -0.05) is 18.2 Å². The molecule has 0 radical (unpaired) electrons. The Bertz CT molecular complexity index is 1000. The van der Waals surface area contributed by atoms with E-state index in [9.17, 15) is 14.4 Å². The molecule has 1 aromatic carbocycles. The molecular weight excluding hydrogens is 346 g/mol. The first-order valence-electron chi connectivity index (χ1n) is 8.52. The Hall–Kier alpha value is -3.41. The van der Waals surface area contributed by atoms with Gasteiger partial charge in [0.25, 0.3) is 0 Å². The number of hydrogen-bond donors (Lipinski definition) is 0. The number of nitrogens with zero attached hydrogens (tertiary/aromatic N) is 1. The van der Waals surface area contributed by atoms with E-state index in [1.165, 1.54) is 0 Å². The number of fused-ring (bicyclic) bond motifs is 1. The van der Waals surface area contributed by atoms with E-state index in [4.69, 9.17) is 4.74 Å². The summed E-state index contributed by atoms with van der Waals surface area (Å²) in [6.07, 6.45) is 1.22. The summed E-state index contributed by atoms with van der Waals surface area (Å²) in [5.74, 6) is -1.58. The van der Waals surface area contributed by atoms with Crippen LogP contribution in [0.1, 0.15) is 23.8 Å². The van der Waals surface area contributed by atoms with Crippen molar-refractivity contribution >= 4 is 23.1 Å². The molecule has 27 heavy (non-hydrogen) atoms. The van der Waals surface area contributed by atoms with Gasteiger partial charge in [0.15, 0.2) is 5.78 Å². The van der Waals surface area contributed by atoms with Crippen LogP contribution in [0.3, 0.4) is 0 Å². The molecule has 3 rings (SSSR count). The maximum Gasteiger partial charge on any atom is 0.375 e. The van der Waals surface area contributed by atoms with Gasteiger partial charge in [-0.05, 0) is 42.8 Å². The molecule has 0 spiro atoms. The van der Waals surface area contributed by atoms with Gasteiger partial charge in [0.1, 0.15) is 5.75 Å². The molecule has 0 saturated carbocycles. The number of Topliss-reactive ketones (excluding diaryl/α,β-unsaturated/α-hetero) is 2. The summed E-state index contributed by atoms with van der Waals surface area (Å²) in [5, 5.41) is 0. The normalized spacial score (nSPS) is 10.6. The number of hydrogen-bond acceptors (Lipinski definition) is 5. The maximum absolute atomic E-state index is 12.9. The van der Waals surface area contributed by atoms with Crippen molar-refractivity contribution in [3.63, 3.8) is 0 Å². The van der Waals surface area contributed by atoms with Crippen molar-refractivity contribution in [2.75, 3.05) is 13.7 Å². The molecule has 0 aliphatic heterocycles. The van der Waals surface area contributed by atoms with Crippen LogP contribution in [0, 0.1) is 0 Å². The van der Waals surface area contributed by atoms with Crippen LogP contribution in [0.4, 0.5) is 0 Å². The highest BCUT2D eigenvalue weighted by Crippen LogP contribution is 2.30. The number of aromatic nitrogens is 1. The van der Waals surface area contributed by atoms with E-state index < -0.39 is 24.0 Å². The van der Waals surface area contributed by atoms with Crippen LogP contribution < -0.4 is 4.74 Å². The van der Waals surface area contributed by atoms with Gasteiger partial charge in [-0.3, -0.25) is 9.59 Å². The zero-order chi connectivity index (χ0) is 19.4. The zero-order valence-corrected chi connectivity index (χ0v) is 15.1. The molecule has 0 saturated heterocycles. The van der Waals surface area contributed by atoms with Crippen LogP contribution in [0.2, 0.25) is 0 Å². The molecule has 0 unspecified atom stereocenters. The van der Waals surface area contributed by atoms with Crippen LogP contribution in [-0.4, -0.2) is 35.7 Å². The van der Waals surface area contributed by atoms with E-state index >= 15 is 0 Å². The smallest absolute Gasteiger partial charge is 0.375 e. The number of carbonyl (C=O) groups excluding carboxylic acids is 3. The van der Waals surface area contributed by atoms with Crippen molar-refractivity contribution in [2.45, 2.75) is 13.3 Å². The number of carbonyl (C=O) groups is 3. The molecule has 138 valence electrons. The molecule has 3 aromatic rings. The summed E-state index contributed by atoms with van der Waals surface area (Å²) in [6, 6.07) is 14.7. The second-order valence-corrected chi connectivity index (χ2v) is 5.87. The van der Waals surface area contributed by atoms with E-state index in [0.717, 1.165) is 11.1 Å². The highest BCUT2D eigenvalue weighted by atomic mass is 16.5. The lowest BCUT2D eigenvalue weighted by atomic mass is 10.0. The SMILES string of the molecule is CCOC(=O)C(=O)CC(=O)c1c(-c2ccc(OC)cc2)cc2ccccn12. The first kappa shape index (κ1) is 18.4. The molecule has 0 aliphatic carbocycles. The second kappa shape index (κ2) is 7.86. The number of methoxy groups -OCH3 is 1. The van der Waals surface area contributed by atoms with Gasteiger partial charge in [-0.25, -0.2) is 4.79 Å².